The zero-order valence-corrected chi connectivity index (χ0v) is 19.2. The summed E-state index contributed by atoms with van der Waals surface area (Å²) in [5, 5.41) is 0.332. The van der Waals surface area contributed by atoms with Crippen LogP contribution in [0.25, 0.3) is 10.9 Å². The molecule has 8 nitrogen and oxygen atoms in total. The molecule has 0 spiro atoms. The first-order valence-corrected chi connectivity index (χ1v) is 12.6. The van der Waals surface area contributed by atoms with Crippen molar-refractivity contribution >= 4 is 26.8 Å². The summed E-state index contributed by atoms with van der Waals surface area (Å²) in [6.07, 6.45) is 1.58. The van der Waals surface area contributed by atoms with Crippen LogP contribution < -0.4 is 5.56 Å². The Bertz CT molecular complexity index is 1410. The Balaban J connectivity index is 1.56. The number of carbonyl (C=O) groups is 1. The monoisotopic (exact) mass is 485 g/mol. The first-order chi connectivity index (χ1) is 16.3. The first kappa shape index (κ1) is 22.7. The van der Waals surface area contributed by atoms with Gasteiger partial charge in [-0.3, -0.25) is 9.59 Å². The van der Waals surface area contributed by atoms with Crippen molar-refractivity contribution in [3.05, 3.63) is 75.8 Å². The molecule has 0 unspecified atom stereocenters. The number of hydrogen-bond acceptors (Lipinski definition) is 5. The lowest BCUT2D eigenvalue weighted by Crippen LogP contribution is -2.40. The molecule has 1 saturated carbocycles. The molecule has 0 bridgehead atoms. The van der Waals surface area contributed by atoms with Crippen LogP contribution in [-0.4, -0.2) is 60.9 Å². The molecule has 34 heavy (non-hydrogen) atoms. The second-order valence-electron chi connectivity index (χ2n) is 8.53. The molecule has 10 heteroatoms. The summed E-state index contributed by atoms with van der Waals surface area (Å²) in [6.45, 7) is 1.19. The predicted octanol–water partition coefficient (Wildman–Crippen LogP) is 2.49. The van der Waals surface area contributed by atoms with Gasteiger partial charge in [0.05, 0.1) is 23.7 Å². The van der Waals surface area contributed by atoms with Gasteiger partial charge in [-0.25, -0.2) is 12.8 Å². The number of ether oxygens (including phenoxy) is 1. The van der Waals surface area contributed by atoms with E-state index in [4.69, 9.17) is 4.74 Å². The average molecular weight is 486 g/mol. The molecule has 178 valence electrons. The Kier molecular flexibility index (Phi) is 5.97. The standard InChI is InChI=1S/C24H24FN3O5S/c25-21-4-2-1-3-16(21)15-28(17-5-6-17)24(30)20-14-23(29)26-22-8-7-18(13-19(20)22)34(31,32)27-9-11-33-12-10-27/h1-4,7-8,13-14,17H,5-6,9-12,15H2,(H,26,29). The van der Waals surface area contributed by atoms with E-state index >= 15 is 0 Å². The quantitative estimate of drug-likeness (QED) is 0.578. The minimum absolute atomic E-state index is 0.0371. The number of hydrogen-bond donors (Lipinski definition) is 1. The Morgan fingerprint density at radius 2 is 1.85 bits per heavy atom. The maximum atomic E-state index is 14.3. The molecule has 1 aromatic heterocycles. The Labute approximate surface area is 196 Å². The number of nitrogens with zero attached hydrogens (tertiary/aromatic N) is 2. The number of carbonyl (C=O) groups excluding carboxylic acids is 1. The smallest absolute Gasteiger partial charge is 0.255 e. The van der Waals surface area contributed by atoms with Crippen LogP contribution in [0.3, 0.4) is 0 Å². The van der Waals surface area contributed by atoms with Gasteiger partial charge < -0.3 is 14.6 Å². The number of sulfonamides is 1. The highest BCUT2D eigenvalue weighted by molar-refractivity contribution is 7.89. The van der Waals surface area contributed by atoms with E-state index in [0.717, 1.165) is 12.8 Å². The highest BCUT2D eigenvalue weighted by Gasteiger charge is 2.35. The van der Waals surface area contributed by atoms with Gasteiger partial charge in [-0.15, -0.1) is 0 Å². The van der Waals surface area contributed by atoms with Gasteiger partial charge in [-0.1, -0.05) is 18.2 Å². The van der Waals surface area contributed by atoms with Crippen LogP contribution in [0.15, 0.2) is 58.2 Å². The number of morpholine rings is 1. The zero-order valence-electron chi connectivity index (χ0n) is 18.4. The molecule has 1 aliphatic carbocycles. The number of fused-ring (bicyclic) bond motifs is 1. The third kappa shape index (κ3) is 4.36. The highest BCUT2D eigenvalue weighted by Crippen LogP contribution is 2.32. The lowest BCUT2D eigenvalue weighted by Gasteiger charge is -2.26. The number of pyridine rings is 1. The van der Waals surface area contributed by atoms with Crippen molar-refractivity contribution in [3.63, 3.8) is 0 Å². The molecule has 0 radical (unpaired) electrons. The third-order valence-electron chi connectivity index (χ3n) is 6.20. The molecule has 5 rings (SSSR count). The number of aromatic amines is 1. The molecule has 2 heterocycles. The maximum absolute atomic E-state index is 14.3. The molecule has 3 aromatic rings. The number of halogens is 1. The van der Waals surface area contributed by atoms with Crippen molar-refractivity contribution in [1.29, 1.82) is 0 Å². The van der Waals surface area contributed by atoms with Crippen LogP contribution in [0, 0.1) is 5.82 Å². The molecule has 2 aliphatic rings. The van der Waals surface area contributed by atoms with E-state index in [1.807, 2.05) is 0 Å². The average Bonchev–Trinajstić information content (AvgIpc) is 3.68. The Hall–Kier alpha value is -3.08. The molecular weight excluding hydrogens is 461 g/mol. The number of benzene rings is 2. The minimum atomic E-state index is -3.80. The molecule has 2 aromatic carbocycles. The summed E-state index contributed by atoms with van der Waals surface area (Å²) >= 11 is 0. The summed E-state index contributed by atoms with van der Waals surface area (Å²) in [5.74, 6) is -0.835. The molecule has 0 atom stereocenters. The van der Waals surface area contributed by atoms with Crippen molar-refractivity contribution in [1.82, 2.24) is 14.2 Å². The van der Waals surface area contributed by atoms with Gasteiger partial charge in [0.15, 0.2) is 0 Å². The van der Waals surface area contributed by atoms with Gasteiger partial charge in [-0.2, -0.15) is 4.31 Å². The van der Waals surface area contributed by atoms with Crippen LogP contribution in [-0.2, 0) is 21.3 Å². The summed E-state index contributed by atoms with van der Waals surface area (Å²) in [5.41, 5.74) is 0.369. The lowest BCUT2D eigenvalue weighted by molar-refractivity contribution is 0.0730. The molecule has 1 saturated heterocycles. The van der Waals surface area contributed by atoms with Gasteiger partial charge in [-0.05, 0) is 37.1 Å². The highest BCUT2D eigenvalue weighted by atomic mass is 32.2. The van der Waals surface area contributed by atoms with Gasteiger partial charge in [0, 0.05) is 48.2 Å². The molecular formula is C24H24FN3O5S. The van der Waals surface area contributed by atoms with Crippen molar-refractivity contribution in [2.45, 2.75) is 30.3 Å². The van der Waals surface area contributed by atoms with Crippen LogP contribution in [0.5, 0.6) is 0 Å². The van der Waals surface area contributed by atoms with Gasteiger partial charge in [0.25, 0.3) is 5.91 Å². The minimum Gasteiger partial charge on any atom is -0.379 e. The maximum Gasteiger partial charge on any atom is 0.255 e. The lowest BCUT2D eigenvalue weighted by atomic mass is 10.1. The Morgan fingerprint density at radius 3 is 2.56 bits per heavy atom. The molecule has 1 amide bonds. The fraction of sp³-hybridized carbons (Fsp3) is 0.333. The molecule has 1 N–H and O–H groups in total. The topological polar surface area (TPSA) is 99.8 Å². The van der Waals surface area contributed by atoms with Crippen molar-refractivity contribution in [3.8, 4) is 0 Å². The SMILES string of the molecule is O=C(c1cc(=O)[nH]c2ccc(S(=O)(=O)N3CCOCC3)cc12)N(Cc1ccccc1F)C1CC1. The predicted molar refractivity (Wildman–Crippen MR) is 123 cm³/mol. The number of rotatable bonds is 6. The van der Waals surface area contributed by atoms with Crippen LogP contribution >= 0.6 is 0 Å². The van der Waals surface area contributed by atoms with Crippen molar-refractivity contribution in [2.24, 2.45) is 0 Å². The van der Waals surface area contributed by atoms with E-state index in [1.54, 1.807) is 23.1 Å². The fourth-order valence-electron chi connectivity index (χ4n) is 4.22. The van der Waals surface area contributed by atoms with Gasteiger partial charge in [0.2, 0.25) is 15.6 Å². The van der Waals surface area contributed by atoms with Gasteiger partial charge >= 0.3 is 0 Å². The number of nitrogens with one attached hydrogen (secondary N) is 1. The van der Waals surface area contributed by atoms with E-state index in [0.29, 0.717) is 29.7 Å². The second kappa shape index (κ2) is 8.94. The van der Waals surface area contributed by atoms with Crippen LogP contribution in [0.4, 0.5) is 4.39 Å². The third-order valence-corrected chi connectivity index (χ3v) is 8.09. The van der Waals surface area contributed by atoms with E-state index < -0.39 is 27.3 Å². The van der Waals surface area contributed by atoms with Gasteiger partial charge in [0.1, 0.15) is 5.82 Å². The number of amides is 1. The van der Waals surface area contributed by atoms with E-state index in [2.05, 4.69) is 4.98 Å². The van der Waals surface area contributed by atoms with E-state index in [1.165, 1.54) is 34.6 Å². The van der Waals surface area contributed by atoms with Crippen molar-refractivity contribution < 1.29 is 22.3 Å². The summed E-state index contributed by atoms with van der Waals surface area (Å²) in [6, 6.07) is 11.7. The van der Waals surface area contributed by atoms with Crippen LogP contribution in [0.1, 0.15) is 28.8 Å². The largest absolute Gasteiger partial charge is 0.379 e. The summed E-state index contributed by atoms with van der Waals surface area (Å²) in [7, 11) is -3.80. The number of H-pyrrole nitrogens is 1. The van der Waals surface area contributed by atoms with Crippen molar-refractivity contribution in [2.75, 3.05) is 26.3 Å². The summed E-state index contributed by atoms with van der Waals surface area (Å²) in [4.78, 5) is 30.3. The fourth-order valence-corrected chi connectivity index (χ4v) is 5.66. The zero-order chi connectivity index (χ0) is 23.9. The normalized spacial score (nSPS) is 17.1. The van der Waals surface area contributed by atoms with E-state index in [-0.39, 0.29) is 36.1 Å². The molecule has 2 fully saturated rings. The van der Waals surface area contributed by atoms with Crippen LogP contribution in [0.2, 0.25) is 0 Å². The first-order valence-electron chi connectivity index (χ1n) is 11.1. The number of aromatic nitrogens is 1. The molecule has 1 aliphatic heterocycles. The summed E-state index contributed by atoms with van der Waals surface area (Å²) < 4.78 is 47.2. The second-order valence-corrected chi connectivity index (χ2v) is 10.5. The Morgan fingerprint density at radius 1 is 1.12 bits per heavy atom. The van der Waals surface area contributed by atoms with E-state index in [9.17, 15) is 22.4 Å².